The molecule has 8 nitrogen and oxygen atoms in total. The Bertz CT molecular complexity index is 956. The standard InChI is InChI=1S/C18H18N4O4S2/c1-3-25-15(24)10-27-18-22-21-17(28-18)20-14(23)9-13-11(2)26-16(19-13)12-7-5-4-6-8-12/h4-8H,3,9-10H2,1-2H3,(H,20,21,23). The number of thioether (sulfide) groups is 1. The molecule has 0 aliphatic carbocycles. The van der Waals surface area contributed by atoms with Crippen LogP contribution in [0, 0.1) is 6.92 Å². The maximum absolute atomic E-state index is 12.3. The van der Waals surface area contributed by atoms with Gasteiger partial charge in [0, 0.05) is 5.56 Å². The van der Waals surface area contributed by atoms with Gasteiger partial charge in [0.2, 0.25) is 16.9 Å². The Morgan fingerprint density at radius 1 is 1.25 bits per heavy atom. The molecule has 3 rings (SSSR count). The fourth-order valence-electron chi connectivity index (χ4n) is 2.25. The topological polar surface area (TPSA) is 107 Å². The number of amides is 1. The highest BCUT2D eigenvalue weighted by atomic mass is 32.2. The van der Waals surface area contributed by atoms with Gasteiger partial charge in [-0.05, 0) is 26.0 Å². The molecular weight excluding hydrogens is 400 g/mol. The lowest BCUT2D eigenvalue weighted by Gasteiger charge is -1.99. The second-order valence-electron chi connectivity index (χ2n) is 5.58. The number of hydrogen-bond donors (Lipinski definition) is 1. The number of esters is 1. The molecule has 1 aromatic carbocycles. The van der Waals surface area contributed by atoms with Crippen LogP contribution >= 0.6 is 23.1 Å². The predicted octanol–water partition coefficient (Wildman–Crippen LogP) is 3.34. The second kappa shape index (κ2) is 9.47. The molecule has 0 aliphatic heterocycles. The van der Waals surface area contributed by atoms with E-state index in [1.165, 1.54) is 23.1 Å². The molecule has 0 fully saturated rings. The Morgan fingerprint density at radius 3 is 2.79 bits per heavy atom. The third-order valence-electron chi connectivity index (χ3n) is 3.51. The minimum atomic E-state index is -0.316. The summed E-state index contributed by atoms with van der Waals surface area (Å²) in [6.45, 7) is 3.86. The van der Waals surface area contributed by atoms with E-state index >= 15 is 0 Å². The molecule has 10 heteroatoms. The summed E-state index contributed by atoms with van der Waals surface area (Å²) in [6, 6.07) is 9.50. The van der Waals surface area contributed by atoms with Gasteiger partial charge in [0.25, 0.3) is 0 Å². The Hall–Kier alpha value is -2.72. The molecule has 3 aromatic rings. The Labute approximate surface area is 169 Å². The summed E-state index contributed by atoms with van der Waals surface area (Å²) in [7, 11) is 0. The van der Waals surface area contributed by atoms with E-state index in [-0.39, 0.29) is 24.1 Å². The van der Waals surface area contributed by atoms with Gasteiger partial charge < -0.3 is 14.5 Å². The summed E-state index contributed by atoms with van der Waals surface area (Å²) in [5.41, 5.74) is 1.42. The third-order valence-corrected chi connectivity index (χ3v) is 5.46. The van der Waals surface area contributed by atoms with E-state index in [4.69, 9.17) is 9.15 Å². The van der Waals surface area contributed by atoms with Gasteiger partial charge in [0.1, 0.15) is 5.76 Å². The average Bonchev–Trinajstić information content (AvgIpc) is 3.28. The lowest BCUT2D eigenvalue weighted by atomic mass is 10.2. The van der Waals surface area contributed by atoms with Crippen molar-refractivity contribution in [2.45, 2.75) is 24.6 Å². The summed E-state index contributed by atoms with van der Waals surface area (Å²) >= 11 is 2.41. The van der Waals surface area contributed by atoms with Gasteiger partial charge in [-0.15, -0.1) is 10.2 Å². The average molecular weight is 419 g/mol. The largest absolute Gasteiger partial charge is 0.465 e. The molecule has 146 valence electrons. The van der Waals surface area contributed by atoms with Crippen molar-refractivity contribution in [2.24, 2.45) is 0 Å². The molecule has 28 heavy (non-hydrogen) atoms. The SMILES string of the molecule is CCOC(=O)CSc1nnc(NC(=O)Cc2nc(-c3ccccc3)oc2C)s1. The highest BCUT2D eigenvalue weighted by molar-refractivity contribution is 8.01. The molecular formula is C18H18N4O4S2. The van der Waals surface area contributed by atoms with Crippen LogP contribution in [-0.2, 0) is 20.7 Å². The maximum atomic E-state index is 12.3. The van der Waals surface area contributed by atoms with Gasteiger partial charge in [0.15, 0.2) is 4.34 Å². The number of oxazole rings is 1. The molecule has 0 bridgehead atoms. The Morgan fingerprint density at radius 2 is 2.04 bits per heavy atom. The highest BCUT2D eigenvalue weighted by Crippen LogP contribution is 2.26. The molecule has 2 aromatic heterocycles. The minimum Gasteiger partial charge on any atom is -0.465 e. The van der Waals surface area contributed by atoms with Gasteiger partial charge in [-0.2, -0.15) is 0 Å². The van der Waals surface area contributed by atoms with Crippen LogP contribution in [0.3, 0.4) is 0 Å². The summed E-state index contributed by atoms with van der Waals surface area (Å²) in [5.74, 6) is 0.640. The lowest BCUT2D eigenvalue weighted by Crippen LogP contribution is -2.15. The van der Waals surface area contributed by atoms with Crippen LogP contribution in [0.2, 0.25) is 0 Å². The van der Waals surface area contributed by atoms with Crippen molar-refractivity contribution in [3.05, 3.63) is 41.8 Å². The number of nitrogens with one attached hydrogen (secondary N) is 1. The number of rotatable bonds is 8. The maximum Gasteiger partial charge on any atom is 0.316 e. The van der Waals surface area contributed by atoms with Crippen LogP contribution in [0.1, 0.15) is 18.4 Å². The number of aryl methyl sites for hydroxylation is 1. The second-order valence-corrected chi connectivity index (χ2v) is 7.78. The van der Waals surface area contributed by atoms with E-state index in [0.717, 1.165) is 5.56 Å². The monoisotopic (exact) mass is 418 g/mol. The van der Waals surface area contributed by atoms with Crippen molar-refractivity contribution in [3.63, 3.8) is 0 Å². The van der Waals surface area contributed by atoms with Crippen molar-refractivity contribution >= 4 is 40.1 Å². The quantitative estimate of drug-likeness (QED) is 0.337. The first-order chi connectivity index (χ1) is 13.5. The minimum absolute atomic E-state index is 0.0625. The summed E-state index contributed by atoms with van der Waals surface area (Å²) in [4.78, 5) is 28.1. The molecule has 0 spiro atoms. The lowest BCUT2D eigenvalue weighted by molar-refractivity contribution is -0.139. The molecule has 1 amide bonds. The number of nitrogens with zero attached hydrogens (tertiary/aromatic N) is 3. The molecule has 2 heterocycles. The van der Waals surface area contributed by atoms with E-state index in [9.17, 15) is 9.59 Å². The van der Waals surface area contributed by atoms with Gasteiger partial charge in [0.05, 0.1) is 24.5 Å². The van der Waals surface area contributed by atoms with E-state index in [1.807, 2.05) is 30.3 Å². The zero-order valence-corrected chi connectivity index (χ0v) is 16.9. The number of aromatic nitrogens is 3. The van der Waals surface area contributed by atoms with Gasteiger partial charge >= 0.3 is 5.97 Å². The van der Waals surface area contributed by atoms with E-state index in [2.05, 4.69) is 20.5 Å². The number of ether oxygens (including phenoxy) is 1. The van der Waals surface area contributed by atoms with E-state index in [1.54, 1.807) is 13.8 Å². The molecule has 0 aliphatic rings. The Kier molecular flexibility index (Phi) is 6.77. The summed E-state index contributed by atoms with van der Waals surface area (Å²) in [6.07, 6.45) is 0.0625. The number of carbonyl (C=O) groups is 2. The van der Waals surface area contributed by atoms with Crippen LogP contribution in [0.25, 0.3) is 11.5 Å². The molecule has 0 saturated carbocycles. The first-order valence-electron chi connectivity index (χ1n) is 8.48. The van der Waals surface area contributed by atoms with E-state index < -0.39 is 0 Å². The number of anilines is 1. The first kappa shape index (κ1) is 20.0. The zero-order valence-electron chi connectivity index (χ0n) is 15.3. The van der Waals surface area contributed by atoms with Crippen LogP contribution in [0.4, 0.5) is 5.13 Å². The van der Waals surface area contributed by atoms with Crippen LogP contribution in [0.15, 0.2) is 39.1 Å². The summed E-state index contributed by atoms with van der Waals surface area (Å²) in [5, 5.41) is 10.9. The fraction of sp³-hybridized carbons (Fsp3) is 0.278. The van der Waals surface area contributed by atoms with E-state index in [0.29, 0.717) is 33.4 Å². The molecule has 0 unspecified atom stereocenters. The fourth-order valence-corrected chi connectivity index (χ4v) is 3.82. The van der Waals surface area contributed by atoms with Crippen molar-refractivity contribution in [1.29, 1.82) is 0 Å². The van der Waals surface area contributed by atoms with Crippen LogP contribution in [-0.4, -0.2) is 39.4 Å². The van der Waals surface area contributed by atoms with Crippen LogP contribution in [0.5, 0.6) is 0 Å². The van der Waals surface area contributed by atoms with Crippen molar-refractivity contribution < 1.29 is 18.7 Å². The number of hydrogen-bond acceptors (Lipinski definition) is 9. The third kappa shape index (κ3) is 5.40. The van der Waals surface area contributed by atoms with Crippen molar-refractivity contribution in [3.8, 4) is 11.5 Å². The van der Waals surface area contributed by atoms with Gasteiger partial charge in [-0.1, -0.05) is 41.3 Å². The van der Waals surface area contributed by atoms with Crippen LogP contribution < -0.4 is 5.32 Å². The first-order valence-corrected chi connectivity index (χ1v) is 10.3. The smallest absolute Gasteiger partial charge is 0.316 e. The molecule has 1 N–H and O–H groups in total. The van der Waals surface area contributed by atoms with Gasteiger partial charge in [-0.3, -0.25) is 9.59 Å². The van der Waals surface area contributed by atoms with Gasteiger partial charge in [-0.25, -0.2) is 4.98 Å². The molecule has 0 radical (unpaired) electrons. The van der Waals surface area contributed by atoms with Crippen molar-refractivity contribution in [1.82, 2.24) is 15.2 Å². The predicted molar refractivity (Wildman–Crippen MR) is 106 cm³/mol. The number of benzene rings is 1. The Balaban J connectivity index is 1.56. The number of carbonyl (C=O) groups excluding carboxylic acids is 2. The molecule has 0 saturated heterocycles. The normalized spacial score (nSPS) is 10.6. The van der Waals surface area contributed by atoms with Crippen molar-refractivity contribution in [2.75, 3.05) is 17.7 Å². The highest BCUT2D eigenvalue weighted by Gasteiger charge is 2.16. The molecule has 0 atom stereocenters. The summed E-state index contributed by atoms with van der Waals surface area (Å²) < 4.78 is 11.1. The zero-order chi connectivity index (χ0) is 19.9.